The molecule has 0 amide bonds. The molecule has 0 bridgehead atoms. The maximum Gasteiger partial charge on any atom is 0.156 e. The van der Waals surface area contributed by atoms with Crippen LogP contribution in [0.2, 0.25) is 0 Å². The Labute approximate surface area is 96.6 Å². The average Bonchev–Trinajstić information content (AvgIpc) is 2.46. The van der Waals surface area contributed by atoms with Crippen molar-refractivity contribution < 1.29 is 8.42 Å². The minimum atomic E-state index is -3.17. The van der Waals surface area contributed by atoms with E-state index in [0.29, 0.717) is 5.56 Å². The summed E-state index contributed by atoms with van der Waals surface area (Å²) < 4.78 is 25.3. The number of nitrogens with two attached hydrogens (primary N) is 1. The van der Waals surface area contributed by atoms with Gasteiger partial charge in [-0.1, -0.05) is 0 Å². The van der Waals surface area contributed by atoms with E-state index < -0.39 is 15.4 Å². The van der Waals surface area contributed by atoms with Crippen LogP contribution < -0.4 is 5.73 Å². The van der Waals surface area contributed by atoms with Gasteiger partial charge in [0.1, 0.15) is 0 Å². The number of aryl methyl sites for hydroxylation is 1. The second kappa shape index (κ2) is 4.55. The molecule has 1 heterocycles. The molecule has 0 aromatic carbocycles. The van der Waals surface area contributed by atoms with Crippen molar-refractivity contribution in [1.82, 2.24) is 9.78 Å². The third-order valence-electron chi connectivity index (χ3n) is 1.99. The van der Waals surface area contributed by atoms with Crippen molar-refractivity contribution in [2.24, 2.45) is 5.73 Å². The lowest BCUT2D eigenvalue weighted by Crippen LogP contribution is -2.40. The van der Waals surface area contributed by atoms with E-state index >= 15 is 0 Å². The Kier molecular flexibility index (Phi) is 3.75. The molecule has 0 saturated heterocycles. The van der Waals surface area contributed by atoms with E-state index in [4.69, 9.17) is 5.73 Å². The predicted molar refractivity (Wildman–Crippen MR) is 63.7 cm³/mol. The zero-order chi connectivity index (χ0) is 12.4. The maximum absolute atomic E-state index is 11.8. The summed E-state index contributed by atoms with van der Waals surface area (Å²) in [6.07, 6.45) is 3.34. The van der Waals surface area contributed by atoms with Gasteiger partial charge >= 0.3 is 0 Å². The highest BCUT2D eigenvalue weighted by Gasteiger charge is 2.22. The molecular weight excluding hydrogens is 226 g/mol. The number of aromatic nitrogens is 2. The van der Waals surface area contributed by atoms with E-state index in [1.165, 1.54) is 0 Å². The number of hydrogen-bond donors (Lipinski definition) is 1. The van der Waals surface area contributed by atoms with E-state index in [1.54, 1.807) is 30.9 Å². The second-order valence-electron chi connectivity index (χ2n) is 4.73. The first-order valence-electron chi connectivity index (χ1n) is 5.22. The molecule has 0 radical (unpaired) electrons. The Morgan fingerprint density at radius 2 is 2.12 bits per heavy atom. The summed E-state index contributed by atoms with van der Waals surface area (Å²) in [5, 5.41) is 4.04. The summed E-state index contributed by atoms with van der Waals surface area (Å²) in [7, 11) is -3.17. The molecule has 1 aromatic heterocycles. The first-order valence-corrected chi connectivity index (χ1v) is 7.04. The van der Waals surface area contributed by atoms with Crippen molar-refractivity contribution >= 4 is 9.84 Å². The molecule has 16 heavy (non-hydrogen) atoms. The third kappa shape index (κ3) is 4.32. The van der Waals surface area contributed by atoms with Crippen LogP contribution in [0.3, 0.4) is 0 Å². The van der Waals surface area contributed by atoms with Crippen LogP contribution in [0.4, 0.5) is 0 Å². The summed E-state index contributed by atoms with van der Waals surface area (Å²) in [4.78, 5) is 0. The number of sulfone groups is 1. The molecule has 1 rings (SSSR count). The maximum atomic E-state index is 11.8. The highest BCUT2D eigenvalue weighted by atomic mass is 32.2. The molecule has 92 valence electrons. The number of nitrogens with zero attached hydrogens (tertiary/aromatic N) is 2. The molecule has 0 fully saturated rings. The van der Waals surface area contributed by atoms with E-state index in [9.17, 15) is 8.42 Å². The van der Waals surface area contributed by atoms with Crippen LogP contribution in [-0.4, -0.2) is 29.5 Å². The average molecular weight is 245 g/mol. The van der Waals surface area contributed by atoms with Crippen molar-refractivity contribution in [3.63, 3.8) is 0 Å². The first-order chi connectivity index (χ1) is 7.22. The van der Waals surface area contributed by atoms with E-state index in [2.05, 4.69) is 5.10 Å². The molecule has 0 aliphatic rings. The van der Waals surface area contributed by atoms with Gasteiger partial charge in [0.05, 0.1) is 17.7 Å². The Hall–Kier alpha value is -0.880. The van der Waals surface area contributed by atoms with Crippen molar-refractivity contribution in [2.45, 2.75) is 38.6 Å². The second-order valence-corrected chi connectivity index (χ2v) is 6.79. The predicted octanol–water partition coefficient (Wildman–Crippen LogP) is 0.555. The lowest BCUT2D eigenvalue weighted by molar-refractivity contribution is 0.544. The van der Waals surface area contributed by atoms with Gasteiger partial charge in [0.2, 0.25) is 0 Å². The highest BCUT2D eigenvalue weighted by Crippen LogP contribution is 2.10. The molecule has 2 N–H and O–H groups in total. The van der Waals surface area contributed by atoms with Crippen LogP contribution in [0.5, 0.6) is 0 Å². The van der Waals surface area contributed by atoms with Gasteiger partial charge in [0.25, 0.3) is 0 Å². The van der Waals surface area contributed by atoms with Crippen molar-refractivity contribution in [2.75, 3.05) is 5.75 Å². The smallest absolute Gasteiger partial charge is 0.156 e. The lowest BCUT2D eigenvalue weighted by atomic mass is 10.1. The van der Waals surface area contributed by atoms with Gasteiger partial charge in [-0.3, -0.25) is 4.68 Å². The quantitative estimate of drug-likeness (QED) is 0.822. The third-order valence-corrected chi connectivity index (χ3v) is 3.95. The van der Waals surface area contributed by atoms with Gasteiger partial charge in [0, 0.05) is 23.8 Å². The van der Waals surface area contributed by atoms with E-state index in [-0.39, 0.29) is 11.5 Å². The Bertz CT molecular complexity index is 443. The Morgan fingerprint density at radius 1 is 1.50 bits per heavy atom. The fourth-order valence-corrected chi connectivity index (χ4v) is 3.42. The zero-order valence-corrected chi connectivity index (χ0v) is 10.8. The zero-order valence-electron chi connectivity index (χ0n) is 9.97. The summed E-state index contributed by atoms with van der Waals surface area (Å²) in [5.41, 5.74) is 5.73. The number of rotatable bonds is 5. The van der Waals surface area contributed by atoms with Gasteiger partial charge in [-0.05, 0) is 20.8 Å². The minimum Gasteiger partial charge on any atom is -0.325 e. The molecule has 5 nitrogen and oxygen atoms in total. The fraction of sp³-hybridized carbons (Fsp3) is 0.700. The topological polar surface area (TPSA) is 78.0 Å². The van der Waals surface area contributed by atoms with Crippen LogP contribution in [0.1, 0.15) is 26.3 Å². The van der Waals surface area contributed by atoms with E-state index in [1.807, 2.05) is 6.92 Å². The molecule has 0 saturated carbocycles. The van der Waals surface area contributed by atoms with Crippen molar-refractivity contribution in [1.29, 1.82) is 0 Å². The number of hydrogen-bond acceptors (Lipinski definition) is 4. The summed E-state index contributed by atoms with van der Waals surface area (Å²) >= 11 is 0. The molecule has 0 aliphatic heterocycles. The highest BCUT2D eigenvalue weighted by molar-refractivity contribution is 7.90. The van der Waals surface area contributed by atoms with Gasteiger partial charge in [-0.15, -0.1) is 0 Å². The standard InChI is InChI=1S/C10H19N3O2S/c1-4-13-6-9(5-12-13)7-16(14,15)8-10(2,3)11/h5-6H,4,7-8,11H2,1-3H3. The van der Waals surface area contributed by atoms with Crippen molar-refractivity contribution in [3.8, 4) is 0 Å². The van der Waals surface area contributed by atoms with Crippen LogP contribution >= 0.6 is 0 Å². The molecular formula is C10H19N3O2S. The van der Waals surface area contributed by atoms with Gasteiger partial charge in [-0.25, -0.2) is 8.42 Å². The van der Waals surface area contributed by atoms with Gasteiger partial charge in [-0.2, -0.15) is 5.10 Å². The Balaban J connectivity index is 2.73. The molecule has 6 heteroatoms. The van der Waals surface area contributed by atoms with Crippen LogP contribution in [0.25, 0.3) is 0 Å². The van der Waals surface area contributed by atoms with Crippen LogP contribution in [0.15, 0.2) is 12.4 Å². The SMILES string of the molecule is CCn1cc(CS(=O)(=O)CC(C)(C)N)cn1. The van der Waals surface area contributed by atoms with Crippen LogP contribution in [-0.2, 0) is 22.1 Å². The minimum absolute atomic E-state index is 0.00757. The molecule has 1 aromatic rings. The molecule has 0 atom stereocenters. The summed E-state index contributed by atoms with van der Waals surface area (Å²) in [6.45, 7) is 6.11. The lowest BCUT2D eigenvalue weighted by Gasteiger charge is -2.17. The first kappa shape index (κ1) is 13.2. The summed E-state index contributed by atoms with van der Waals surface area (Å²) in [5.74, 6) is -0.00899. The van der Waals surface area contributed by atoms with E-state index in [0.717, 1.165) is 6.54 Å². The van der Waals surface area contributed by atoms with Crippen LogP contribution in [0, 0.1) is 0 Å². The molecule has 0 aliphatic carbocycles. The molecule has 0 unspecified atom stereocenters. The normalized spacial score (nSPS) is 13.0. The van der Waals surface area contributed by atoms with Gasteiger partial charge < -0.3 is 5.73 Å². The fourth-order valence-electron chi connectivity index (χ4n) is 1.53. The van der Waals surface area contributed by atoms with Gasteiger partial charge in [0.15, 0.2) is 9.84 Å². The Morgan fingerprint density at radius 3 is 2.56 bits per heavy atom. The molecule has 0 spiro atoms. The monoisotopic (exact) mass is 245 g/mol. The largest absolute Gasteiger partial charge is 0.325 e. The van der Waals surface area contributed by atoms with Crippen molar-refractivity contribution in [3.05, 3.63) is 18.0 Å². The summed E-state index contributed by atoms with van der Waals surface area (Å²) in [6, 6.07) is 0.